The Labute approximate surface area is 161 Å². The Morgan fingerprint density at radius 2 is 2.11 bits per heavy atom. The molecule has 0 unspecified atom stereocenters. The van der Waals surface area contributed by atoms with Crippen LogP contribution in [-0.2, 0) is 29.1 Å². The van der Waals surface area contributed by atoms with Crippen LogP contribution in [0.4, 0.5) is 4.79 Å². The fourth-order valence-corrected chi connectivity index (χ4v) is 4.38. The lowest BCUT2D eigenvalue weighted by Gasteiger charge is -2.35. The molecule has 4 aliphatic heterocycles. The number of urea groups is 1. The molecule has 0 radical (unpaired) electrons. The lowest BCUT2D eigenvalue weighted by molar-refractivity contribution is -0.162. The summed E-state index contributed by atoms with van der Waals surface area (Å²) in [5.41, 5.74) is 2.38. The highest BCUT2D eigenvalue weighted by Crippen LogP contribution is 2.30. The molecular formula is C14H23N5O8S. The molecule has 0 spiro atoms. The summed E-state index contributed by atoms with van der Waals surface area (Å²) in [6.07, 6.45) is 1.58. The van der Waals surface area contributed by atoms with Gasteiger partial charge in [-0.3, -0.25) is 19.1 Å². The summed E-state index contributed by atoms with van der Waals surface area (Å²) in [6.45, 7) is 2.54. The van der Waals surface area contributed by atoms with E-state index in [-0.39, 0.29) is 19.2 Å². The van der Waals surface area contributed by atoms with E-state index in [1.54, 1.807) is 0 Å². The van der Waals surface area contributed by atoms with Gasteiger partial charge in [0, 0.05) is 25.2 Å². The minimum absolute atomic E-state index is 0.105. The third kappa shape index (κ3) is 4.07. The van der Waals surface area contributed by atoms with Crippen LogP contribution < -0.4 is 10.8 Å². The average Bonchev–Trinajstić information content (AvgIpc) is 3.12. The summed E-state index contributed by atoms with van der Waals surface area (Å²) in [5.74, 6) is -0.480. The number of amides is 3. The number of piperidine rings is 1. The monoisotopic (exact) mass is 421 g/mol. The Balaban J connectivity index is 1.24. The highest BCUT2D eigenvalue weighted by atomic mass is 32.3. The molecule has 2 bridgehead atoms. The number of carbonyl (C=O) groups is 2. The number of ether oxygens (including phenoxy) is 1. The molecule has 13 nitrogen and oxygen atoms in total. The zero-order valence-electron chi connectivity index (χ0n) is 15.0. The summed E-state index contributed by atoms with van der Waals surface area (Å²) in [4.78, 5) is 33.5. The minimum atomic E-state index is -4.81. The molecule has 4 saturated heterocycles. The van der Waals surface area contributed by atoms with Gasteiger partial charge in [-0.1, -0.05) is 0 Å². The van der Waals surface area contributed by atoms with Gasteiger partial charge in [0.1, 0.15) is 19.5 Å². The zero-order chi connectivity index (χ0) is 19.9. The molecule has 3 N–H and O–H groups in total. The van der Waals surface area contributed by atoms with Gasteiger partial charge < -0.3 is 15.0 Å². The third-order valence-electron chi connectivity index (χ3n) is 5.49. The molecule has 0 aromatic carbocycles. The van der Waals surface area contributed by atoms with Crippen molar-refractivity contribution >= 4 is 22.3 Å². The molecule has 3 amide bonds. The number of hydroxylamine groups is 3. The van der Waals surface area contributed by atoms with Gasteiger partial charge in [0.05, 0.1) is 12.6 Å². The lowest BCUT2D eigenvalue weighted by Crippen LogP contribution is -2.50. The number of hydrogen-bond acceptors (Lipinski definition) is 9. The van der Waals surface area contributed by atoms with E-state index in [0.29, 0.717) is 37.4 Å². The first-order chi connectivity index (χ1) is 13.3. The molecule has 28 heavy (non-hydrogen) atoms. The highest BCUT2D eigenvalue weighted by molar-refractivity contribution is 7.80. The van der Waals surface area contributed by atoms with E-state index in [2.05, 4.69) is 20.0 Å². The number of nitrogens with zero attached hydrogens (tertiary/aromatic N) is 3. The van der Waals surface area contributed by atoms with E-state index in [9.17, 15) is 18.0 Å². The van der Waals surface area contributed by atoms with Gasteiger partial charge >= 0.3 is 16.4 Å². The van der Waals surface area contributed by atoms with Crippen LogP contribution in [0.3, 0.4) is 0 Å². The SMILES string of the molecule is O=C(NOC[C@H]1C[C@H](N2COC2)CN1)[C@@H]1CC[C@@H]2CN1C(=O)N2OS(=O)(=O)O. The third-order valence-corrected chi connectivity index (χ3v) is 5.84. The van der Waals surface area contributed by atoms with Crippen molar-refractivity contribution in [2.75, 3.05) is 33.2 Å². The first kappa shape index (κ1) is 19.8. The Morgan fingerprint density at radius 1 is 1.32 bits per heavy atom. The Kier molecular flexibility index (Phi) is 5.43. The Bertz CT molecular complexity index is 731. The molecule has 4 rings (SSSR count). The van der Waals surface area contributed by atoms with Crippen LogP contribution in [0.15, 0.2) is 0 Å². The van der Waals surface area contributed by atoms with Gasteiger partial charge in [0.2, 0.25) is 0 Å². The molecule has 4 aliphatic rings. The number of carbonyl (C=O) groups excluding carboxylic acids is 2. The largest absolute Gasteiger partial charge is 0.418 e. The fourth-order valence-electron chi connectivity index (χ4n) is 4.00. The summed E-state index contributed by atoms with van der Waals surface area (Å²) in [5, 5.41) is 3.93. The van der Waals surface area contributed by atoms with Crippen molar-refractivity contribution in [2.45, 2.75) is 43.4 Å². The molecule has 158 valence electrons. The molecule has 0 saturated carbocycles. The van der Waals surface area contributed by atoms with E-state index in [0.717, 1.165) is 13.0 Å². The predicted molar refractivity (Wildman–Crippen MR) is 90.3 cm³/mol. The van der Waals surface area contributed by atoms with Crippen molar-refractivity contribution < 1.29 is 36.4 Å². The quantitative estimate of drug-likeness (QED) is 0.311. The van der Waals surface area contributed by atoms with Crippen LogP contribution in [0.5, 0.6) is 0 Å². The normalized spacial score (nSPS) is 33.2. The Hall–Kier alpha value is -1.55. The second-order valence-electron chi connectivity index (χ2n) is 7.33. The van der Waals surface area contributed by atoms with Crippen molar-refractivity contribution in [3.8, 4) is 0 Å². The highest BCUT2D eigenvalue weighted by Gasteiger charge is 2.49. The predicted octanol–water partition coefficient (Wildman–Crippen LogP) is -1.99. The van der Waals surface area contributed by atoms with E-state index >= 15 is 0 Å². The van der Waals surface area contributed by atoms with E-state index < -0.39 is 34.4 Å². The van der Waals surface area contributed by atoms with Crippen LogP contribution >= 0.6 is 0 Å². The summed E-state index contributed by atoms with van der Waals surface area (Å²) in [6, 6.07) is -1.61. The van der Waals surface area contributed by atoms with Crippen LogP contribution in [0.1, 0.15) is 19.3 Å². The van der Waals surface area contributed by atoms with Crippen molar-refractivity contribution in [2.24, 2.45) is 0 Å². The Morgan fingerprint density at radius 3 is 2.79 bits per heavy atom. The summed E-state index contributed by atoms with van der Waals surface area (Å²) < 4.78 is 40.1. The first-order valence-electron chi connectivity index (χ1n) is 9.05. The van der Waals surface area contributed by atoms with Crippen LogP contribution in [0.2, 0.25) is 0 Å². The van der Waals surface area contributed by atoms with Crippen molar-refractivity contribution in [3.05, 3.63) is 0 Å². The van der Waals surface area contributed by atoms with Crippen molar-refractivity contribution in [1.82, 2.24) is 25.7 Å². The number of fused-ring (bicyclic) bond motifs is 2. The molecule has 0 aliphatic carbocycles. The fraction of sp³-hybridized carbons (Fsp3) is 0.857. The molecule has 4 fully saturated rings. The maximum absolute atomic E-state index is 12.4. The molecule has 0 aromatic heterocycles. The second kappa shape index (κ2) is 7.70. The molecule has 4 atom stereocenters. The van der Waals surface area contributed by atoms with Crippen LogP contribution in [-0.4, -0.2) is 97.1 Å². The molecular weight excluding hydrogens is 398 g/mol. The lowest BCUT2D eigenvalue weighted by atomic mass is 10.0. The molecule has 0 aromatic rings. The topological polar surface area (TPSA) is 150 Å². The van der Waals surface area contributed by atoms with E-state index in [4.69, 9.17) is 14.1 Å². The van der Waals surface area contributed by atoms with Gasteiger partial charge in [0.25, 0.3) is 5.91 Å². The zero-order valence-corrected chi connectivity index (χ0v) is 15.8. The van der Waals surface area contributed by atoms with Crippen LogP contribution in [0.25, 0.3) is 0 Å². The van der Waals surface area contributed by atoms with Gasteiger partial charge in [-0.05, 0) is 19.3 Å². The number of nitrogens with one attached hydrogen (secondary N) is 2. The summed E-state index contributed by atoms with van der Waals surface area (Å²) >= 11 is 0. The first-order valence-corrected chi connectivity index (χ1v) is 10.4. The van der Waals surface area contributed by atoms with E-state index in [1.807, 2.05) is 0 Å². The maximum atomic E-state index is 12.4. The number of hydrogen-bond donors (Lipinski definition) is 3. The molecule has 14 heteroatoms. The van der Waals surface area contributed by atoms with Gasteiger partial charge in [0.15, 0.2) is 0 Å². The smallest absolute Gasteiger partial charge is 0.351 e. The second-order valence-corrected chi connectivity index (χ2v) is 8.34. The standard InChI is InChI=1S/C14H23N5O8S/c20-13(16-26-6-9-3-11(4-15-9)17-7-25-8-17)12-2-1-10-5-18(12)14(21)19(10)27-28(22,23)24/h9-12,15H,1-8H2,(H,16,20)(H,22,23,24)/t9-,10-,11+,12+/m1/s1. The summed E-state index contributed by atoms with van der Waals surface area (Å²) in [7, 11) is -4.81. The van der Waals surface area contributed by atoms with Crippen molar-refractivity contribution in [3.63, 3.8) is 0 Å². The van der Waals surface area contributed by atoms with Gasteiger partial charge in [-0.2, -0.15) is 13.5 Å². The van der Waals surface area contributed by atoms with E-state index in [1.165, 1.54) is 4.90 Å². The number of rotatable bonds is 7. The molecule has 4 heterocycles. The van der Waals surface area contributed by atoms with Crippen LogP contribution in [0, 0.1) is 0 Å². The minimum Gasteiger partial charge on any atom is -0.351 e. The maximum Gasteiger partial charge on any atom is 0.418 e. The average molecular weight is 421 g/mol. The van der Waals surface area contributed by atoms with Gasteiger partial charge in [-0.25, -0.2) is 10.3 Å². The van der Waals surface area contributed by atoms with Gasteiger partial charge in [-0.15, -0.1) is 4.28 Å². The van der Waals surface area contributed by atoms with Crippen molar-refractivity contribution in [1.29, 1.82) is 0 Å².